The summed E-state index contributed by atoms with van der Waals surface area (Å²) in [6.07, 6.45) is 1.20. The van der Waals surface area contributed by atoms with Crippen LogP contribution in [0.1, 0.15) is 22.3 Å². The molecule has 2 N–H and O–H groups in total. The lowest BCUT2D eigenvalue weighted by Crippen LogP contribution is -2.04. The number of hydrogen-bond acceptors (Lipinski definition) is 6. The van der Waals surface area contributed by atoms with Gasteiger partial charge in [0.2, 0.25) is 11.8 Å². The molecule has 0 radical (unpaired) electrons. The predicted molar refractivity (Wildman–Crippen MR) is 187 cm³/mol. The quantitative estimate of drug-likeness (QED) is 0.192. The van der Waals surface area contributed by atoms with Crippen LogP contribution in [-0.4, -0.2) is 19.9 Å². The summed E-state index contributed by atoms with van der Waals surface area (Å²) in [5.41, 5.74) is 7.80. The van der Waals surface area contributed by atoms with Crippen LogP contribution in [0.15, 0.2) is 140 Å². The first-order chi connectivity index (χ1) is 23.6. The average Bonchev–Trinajstić information content (AvgIpc) is 3.67. The molecule has 0 bridgehead atoms. The Morgan fingerprint density at radius 1 is 0.458 bits per heavy atom. The van der Waals surface area contributed by atoms with Gasteiger partial charge in [0.15, 0.2) is 0 Å². The summed E-state index contributed by atoms with van der Waals surface area (Å²) in [6, 6.07) is 39.0. The minimum Gasteiger partial charge on any atom is -0.401 e. The molecule has 230 valence electrons. The van der Waals surface area contributed by atoms with E-state index >= 15 is 0 Å². The van der Waals surface area contributed by atoms with Crippen LogP contribution in [0, 0.1) is 0 Å². The summed E-state index contributed by atoms with van der Waals surface area (Å²) in [7, 11) is 0. The molecule has 0 unspecified atom stereocenters. The molecule has 9 rings (SSSR count). The van der Waals surface area contributed by atoms with E-state index < -0.39 is 11.3 Å². The van der Waals surface area contributed by atoms with Crippen LogP contribution >= 0.6 is 0 Å². The van der Waals surface area contributed by atoms with E-state index in [0.29, 0.717) is 46.0 Å². The summed E-state index contributed by atoms with van der Waals surface area (Å²) in [5, 5.41) is 2.99. The van der Waals surface area contributed by atoms with E-state index in [-0.39, 0.29) is 11.8 Å². The Bertz CT molecular complexity index is 2590. The number of rotatable bonds is 6. The van der Waals surface area contributed by atoms with Crippen molar-refractivity contribution in [3.8, 4) is 23.2 Å². The molecule has 5 aromatic carbocycles. The first-order valence-electron chi connectivity index (χ1n) is 15.7. The zero-order valence-electron chi connectivity index (χ0n) is 25.5. The van der Waals surface area contributed by atoms with Gasteiger partial charge in [-0.05, 0) is 58.7 Å². The number of aromatic amines is 2. The number of benzene rings is 5. The fraction of sp³-hybridized carbons (Fsp3) is 0.0500. The Balaban J connectivity index is 1.08. The third-order valence-corrected chi connectivity index (χ3v) is 8.91. The summed E-state index contributed by atoms with van der Waals surface area (Å²) < 4.78 is 11.5. The van der Waals surface area contributed by atoms with E-state index in [1.165, 1.54) is 0 Å². The Kier molecular flexibility index (Phi) is 6.39. The van der Waals surface area contributed by atoms with Crippen LogP contribution in [0.25, 0.3) is 66.8 Å². The molecule has 0 atom stereocenters. The number of H-pyrrole nitrogens is 2. The Hall–Kier alpha value is -6.54. The van der Waals surface area contributed by atoms with Crippen molar-refractivity contribution in [2.24, 2.45) is 0 Å². The fourth-order valence-corrected chi connectivity index (χ4v) is 6.57. The molecule has 0 saturated heterocycles. The Morgan fingerprint density at radius 3 is 1.27 bits per heavy atom. The molecule has 8 nitrogen and oxygen atoms in total. The first kappa shape index (κ1) is 27.7. The number of nitrogens with zero attached hydrogens (tertiary/aromatic N) is 2. The highest BCUT2D eigenvalue weighted by atomic mass is 16.4. The van der Waals surface area contributed by atoms with Gasteiger partial charge in [0.05, 0.1) is 21.8 Å². The highest BCUT2D eigenvalue weighted by molar-refractivity contribution is 5.92. The molecular formula is C40H26N4O4. The van der Waals surface area contributed by atoms with Crippen molar-refractivity contribution in [3.63, 3.8) is 0 Å². The number of nitrogens with one attached hydrogen (secondary N) is 2. The normalized spacial score (nSPS) is 11.7. The smallest absolute Gasteiger partial charge is 0.347 e. The lowest BCUT2D eigenvalue weighted by Gasteiger charge is -2.08. The van der Waals surface area contributed by atoms with Gasteiger partial charge in [0.25, 0.3) is 0 Å². The molecule has 0 aliphatic heterocycles. The van der Waals surface area contributed by atoms with Crippen molar-refractivity contribution in [1.29, 1.82) is 0 Å². The van der Waals surface area contributed by atoms with Crippen LogP contribution in [-0.2, 0) is 12.8 Å². The van der Waals surface area contributed by atoms with Crippen LogP contribution < -0.4 is 11.3 Å². The van der Waals surface area contributed by atoms with Gasteiger partial charge in [0, 0.05) is 34.6 Å². The van der Waals surface area contributed by atoms with Crippen molar-refractivity contribution in [3.05, 3.63) is 164 Å². The van der Waals surface area contributed by atoms with Crippen molar-refractivity contribution in [2.45, 2.75) is 12.8 Å². The lowest BCUT2D eigenvalue weighted by molar-refractivity contribution is 0.516. The second-order valence-corrected chi connectivity index (χ2v) is 11.9. The summed E-state index contributed by atoms with van der Waals surface area (Å²) in [5.74, 6) is 0.532. The Labute approximate surface area is 272 Å². The minimum atomic E-state index is -0.417. The molecule has 9 aromatic rings. The third-order valence-electron chi connectivity index (χ3n) is 8.91. The monoisotopic (exact) mass is 626 g/mol. The molecule has 0 amide bonds. The predicted octanol–water partition coefficient (Wildman–Crippen LogP) is 8.17. The van der Waals surface area contributed by atoms with Crippen molar-refractivity contribution in [2.75, 3.05) is 0 Å². The highest BCUT2D eigenvalue weighted by Crippen LogP contribution is 2.34. The molecular weight excluding hydrogens is 600 g/mol. The number of hydrogen-bond donors (Lipinski definition) is 2. The highest BCUT2D eigenvalue weighted by Gasteiger charge is 2.20. The number of para-hydroxylation sites is 4. The van der Waals surface area contributed by atoms with Gasteiger partial charge < -0.3 is 18.8 Å². The molecule has 0 fully saturated rings. The SMILES string of the molecule is O=c1oc(-c2[nH]c3ccccc3c2Cc2ccc(Cc3c(-c4nc5ccccc5c(=O)o4)[nH]c4ccccc34)cc2)nc2ccccc12. The van der Waals surface area contributed by atoms with E-state index in [1.54, 1.807) is 24.3 Å². The molecule has 48 heavy (non-hydrogen) atoms. The summed E-state index contributed by atoms with van der Waals surface area (Å²) in [4.78, 5) is 42.0. The molecule has 8 heteroatoms. The van der Waals surface area contributed by atoms with Crippen LogP contribution in [0.5, 0.6) is 0 Å². The van der Waals surface area contributed by atoms with Gasteiger partial charge >= 0.3 is 11.3 Å². The van der Waals surface area contributed by atoms with Crippen LogP contribution in [0.4, 0.5) is 0 Å². The van der Waals surface area contributed by atoms with E-state index in [9.17, 15) is 9.59 Å². The zero-order valence-corrected chi connectivity index (χ0v) is 25.5. The molecule has 4 heterocycles. The minimum absolute atomic E-state index is 0.266. The van der Waals surface area contributed by atoms with Crippen molar-refractivity contribution >= 4 is 43.6 Å². The molecule has 4 aromatic heterocycles. The topological polar surface area (TPSA) is 118 Å². The maximum Gasteiger partial charge on any atom is 0.347 e. The largest absolute Gasteiger partial charge is 0.401 e. The number of aromatic nitrogens is 4. The van der Waals surface area contributed by atoms with Gasteiger partial charge in [-0.1, -0.05) is 84.9 Å². The maximum absolute atomic E-state index is 12.8. The van der Waals surface area contributed by atoms with Gasteiger partial charge in [-0.25, -0.2) is 19.6 Å². The average molecular weight is 627 g/mol. The number of fused-ring (bicyclic) bond motifs is 4. The molecule has 0 aliphatic carbocycles. The van der Waals surface area contributed by atoms with E-state index in [2.05, 4.69) is 46.4 Å². The van der Waals surface area contributed by atoms with E-state index in [4.69, 9.17) is 18.8 Å². The molecule has 0 spiro atoms. The van der Waals surface area contributed by atoms with Gasteiger partial charge in [-0.2, -0.15) is 0 Å². The Morgan fingerprint density at radius 2 is 0.833 bits per heavy atom. The third kappa shape index (κ3) is 4.70. The zero-order chi connectivity index (χ0) is 32.2. The lowest BCUT2D eigenvalue weighted by atomic mass is 9.97. The first-order valence-corrected chi connectivity index (χ1v) is 15.7. The van der Waals surface area contributed by atoms with E-state index in [1.807, 2.05) is 60.7 Å². The van der Waals surface area contributed by atoms with Gasteiger partial charge in [-0.15, -0.1) is 0 Å². The molecule has 0 saturated carbocycles. The van der Waals surface area contributed by atoms with Crippen molar-refractivity contribution < 1.29 is 8.83 Å². The second-order valence-electron chi connectivity index (χ2n) is 11.9. The fourth-order valence-electron chi connectivity index (χ4n) is 6.57. The van der Waals surface area contributed by atoms with Crippen molar-refractivity contribution in [1.82, 2.24) is 19.9 Å². The maximum atomic E-state index is 12.8. The summed E-state index contributed by atoms with van der Waals surface area (Å²) in [6.45, 7) is 0. The van der Waals surface area contributed by atoms with E-state index in [0.717, 1.165) is 44.1 Å². The van der Waals surface area contributed by atoms with Crippen LogP contribution in [0.2, 0.25) is 0 Å². The second kappa shape index (κ2) is 11.1. The summed E-state index contributed by atoms with van der Waals surface area (Å²) >= 11 is 0. The van der Waals surface area contributed by atoms with Gasteiger partial charge in [0.1, 0.15) is 11.4 Å². The standard InChI is InChI=1S/C40H26N4O4/c45-39-27-11-3-7-15-33(27)43-37(47-39)35-29(25-9-1-5-13-31(25)41-35)21-23-17-19-24(20-18-23)22-30-26-10-2-6-14-32(26)42-36(30)38-44-34-16-8-4-12-28(34)40(46)48-38/h1-20,41-42H,21-22H2. The van der Waals surface area contributed by atoms with Gasteiger partial charge in [-0.3, -0.25) is 0 Å². The van der Waals surface area contributed by atoms with Crippen LogP contribution in [0.3, 0.4) is 0 Å². The molecule has 0 aliphatic rings.